The van der Waals surface area contributed by atoms with Crippen molar-refractivity contribution in [2.24, 2.45) is 5.92 Å². The second-order valence-electron chi connectivity index (χ2n) is 7.95. The maximum Gasteiger partial charge on any atom is 0.307 e. The normalized spacial score (nSPS) is 19.9. The van der Waals surface area contributed by atoms with Gasteiger partial charge in [-0.2, -0.15) is 0 Å². The van der Waals surface area contributed by atoms with Crippen molar-refractivity contribution in [1.29, 1.82) is 0 Å². The van der Waals surface area contributed by atoms with E-state index in [0.29, 0.717) is 11.1 Å². The molecule has 1 aliphatic rings. The average molecular weight is 405 g/mol. The van der Waals surface area contributed by atoms with E-state index >= 15 is 0 Å². The lowest BCUT2D eigenvalue weighted by molar-refractivity contribution is -0.142. The van der Waals surface area contributed by atoms with Crippen molar-refractivity contribution in [3.05, 3.63) is 82.9 Å². The first-order valence-corrected chi connectivity index (χ1v) is 10.0. The maximum absolute atomic E-state index is 13.8. The van der Waals surface area contributed by atoms with Crippen LogP contribution in [0.4, 0.5) is 0 Å². The number of carboxylic acid groups (broad SMARTS) is 1. The van der Waals surface area contributed by atoms with Gasteiger partial charge in [0.2, 0.25) is 0 Å². The number of hydrogen-bond acceptors (Lipinski definition) is 4. The third kappa shape index (κ3) is 4.30. The molecule has 0 bridgehead atoms. The Balaban J connectivity index is 2.28. The fraction of sp³-hybridized carbons (Fsp3) is 0.280. The molecular weight excluding hydrogens is 376 g/mol. The molecule has 0 aromatic heterocycles. The highest BCUT2D eigenvalue weighted by Gasteiger charge is 2.36. The standard InChI is InChI=1S/C25H28N2O3/c1-26(2)22(17-11-7-5-8-12-17)20-15-19(25(29)30)16-21(24(20)28)23(27(3)4)18-13-9-6-10-14-18/h5-14,19H,15-16H2,1-4H3,(H,29,30). The number of carboxylic acids is 1. The summed E-state index contributed by atoms with van der Waals surface area (Å²) in [4.78, 5) is 29.6. The molecule has 1 aliphatic carbocycles. The molecule has 0 aliphatic heterocycles. The lowest BCUT2D eigenvalue weighted by Gasteiger charge is -2.31. The van der Waals surface area contributed by atoms with Gasteiger partial charge in [0.25, 0.3) is 0 Å². The lowest BCUT2D eigenvalue weighted by atomic mass is 9.77. The van der Waals surface area contributed by atoms with Crippen LogP contribution in [-0.2, 0) is 9.59 Å². The number of ketones is 1. The third-order valence-electron chi connectivity index (χ3n) is 5.36. The number of rotatable bonds is 5. The summed E-state index contributed by atoms with van der Waals surface area (Å²) in [5.74, 6) is -1.60. The summed E-state index contributed by atoms with van der Waals surface area (Å²) in [6.45, 7) is 0. The summed E-state index contributed by atoms with van der Waals surface area (Å²) < 4.78 is 0. The second-order valence-corrected chi connectivity index (χ2v) is 7.95. The Hall–Kier alpha value is -3.34. The minimum atomic E-state index is -0.880. The van der Waals surface area contributed by atoms with Crippen molar-refractivity contribution >= 4 is 23.1 Å². The number of hydrogen-bond donors (Lipinski definition) is 1. The molecule has 5 nitrogen and oxygen atoms in total. The van der Waals surface area contributed by atoms with Crippen molar-refractivity contribution in [2.75, 3.05) is 28.2 Å². The van der Waals surface area contributed by atoms with Crippen LogP contribution in [0.3, 0.4) is 0 Å². The molecule has 0 saturated heterocycles. The number of carbonyl (C=O) groups is 2. The number of allylic oxidation sites excluding steroid dienone is 2. The molecule has 0 amide bonds. The zero-order chi connectivity index (χ0) is 21.8. The van der Waals surface area contributed by atoms with E-state index in [-0.39, 0.29) is 18.6 Å². The zero-order valence-electron chi connectivity index (χ0n) is 17.9. The van der Waals surface area contributed by atoms with E-state index in [1.807, 2.05) is 98.7 Å². The molecular formula is C25H28N2O3. The van der Waals surface area contributed by atoms with Gasteiger partial charge in [0.05, 0.1) is 17.3 Å². The summed E-state index contributed by atoms with van der Waals surface area (Å²) in [6.07, 6.45) is 0.436. The molecule has 2 aromatic rings. The highest BCUT2D eigenvalue weighted by atomic mass is 16.4. The maximum atomic E-state index is 13.8. The average Bonchev–Trinajstić information content (AvgIpc) is 2.71. The van der Waals surface area contributed by atoms with E-state index in [1.165, 1.54) is 0 Å². The van der Waals surface area contributed by atoms with E-state index in [1.54, 1.807) is 0 Å². The molecule has 0 spiro atoms. The fourth-order valence-corrected chi connectivity index (χ4v) is 4.11. The fourth-order valence-electron chi connectivity index (χ4n) is 4.11. The summed E-state index contributed by atoms with van der Waals surface area (Å²) in [5, 5.41) is 9.86. The van der Waals surface area contributed by atoms with Gasteiger partial charge in [-0.05, 0) is 24.0 Å². The van der Waals surface area contributed by atoms with Gasteiger partial charge >= 0.3 is 5.97 Å². The predicted octanol–water partition coefficient (Wildman–Crippen LogP) is 4.00. The van der Waals surface area contributed by atoms with Crippen molar-refractivity contribution in [2.45, 2.75) is 12.8 Å². The lowest BCUT2D eigenvalue weighted by Crippen LogP contribution is -2.30. The first-order chi connectivity index (χ1) is 14.3. The molecule has 1 fully saturated rings. The Bertz CT molecular complexity index is 916. The molecule has 0 unspecified atom stereocenters. The molecule has 1 saturated carbocycles. The minimum absolute atomic E-state index is 0.0763. The van der Waals surface area contributed by atoms with Gasteiger partial charge in [-0.15, -0.1) is 0 Å². The van der Waals surface area contributed by atoms with E-state index in [0.717, 1.165) is 22.5 Å². The van der Waals surface area contributed by atoms with Gasteiger partial charge in [-0.3, -0.25) is 9.59 Å². The van der Waals surface area contributed by atoms with Gasteiger partial charge in [-0.1, -0.05) is 60.7 Å². The van der Waals surface area contributed by atoms with Gasteiger partial charge in [0.15, 0.2) is 5.78 Å². The van der Waals surface area contributed by atoms with Crippen LogP contribution in [0, 0.1) is 5.92 Å². The number of benzene rings is 2. The van der Waals surface area contributed by atoms with E-state index in [4.69, 9.17) is 0 Å². The van der Waals surface area contributed by atoms with Crippen LogP contribution >= 0.6 is 0 Å². The molecule has 0 atom stereocenters. The Labute approximate surface area is 177 Å². The van der Waals surface area contributed by atoms with E-state index < -0.39 is 11.9 Å². The Morgan fingerprint density at radius 2 is 1.13 bits per heavy atom. The van der Waals surface area contributed by atoms with Crippen LogP contribution in [0.25, 0.3) is 11.4 Å². The topological polar surface area (TPSA) is 60.9 Å². The minimum Gasteiger partial charge on any atom is -0.481 e. The largest absolute Gasteiger partial charge is 0.481 e. The highest BCUT2D eigenvalue weighted by Crippen LogP contribution is 2.39. The number of Topliss-reactive ketones (excluding diaryl/α,β-unsaturated/α-hetero) is 1. The van der Waals surface area contributed by atoms with Crippen LogP contribution in [0.2, 0.25) is 0 Å². The molecule has 30 heavy (non-hydrogen) atoms. The predicted molar refractivity (Wildman–Crippen MR) is 119 cm³/mol. The van der Waals surface area contributed by atoms with Crippen molar-refractivity contribution in [3.8, 4) is 0 Å². The third-order valence-corrected chi connectivity index (χ3v) is 5.36. The Morgan fingerprint density at radius 1 is 0.767 bits per heavy atom. The second kappa shape index (κ2) is 8.99. The molecule has 3 rings (SSSR count). The number of carbonyl (C=O) groups excluding carboxylic acids is 1. The first-order valence-electron chi connectivity index (χ1n) is 10.0. The quantitative estimate of drug-likeness (QED) is 0.764. The van der Waals surface area contributed by atoms with Gasteiger partial charge < -0.3 is 14.9 Å². The van der Waals surface area contributed by atoms with Crippen LogP contribution in [-0.4, -0.2) is 54.8 Å². The van der Waals surface area contributed by atoms with Crippen molar-refractivity contribution < 1.29 is 14.7 Å². The van der Waals surface area contributed by atoms with Gasteiger partial charge in [0, 0.05) is 39.3 Å². The summed E-state index contributed by atoms with van der Waals surface area (Å²) in [5.41, 5.74) is 4.46. The van der Waals surface area contributed by atoms with Crippen LogP contribution in [0.1, 0.15) is 24.0 Å². The van der Waals surface area contributed by atoms with Gasteiger partial charge in [0.1, 0.15) is 0 Å². The van der Waals surface area contributed by atoms with Crippen molar-refractivity contribution in [1.82, 2.24) is 9.80 Å². The Kier molecular flexibility index (Phi) is 6.40. The molecule has 2 aromatic carbocycles. The molecule has 1 N–H and O–H groups in total. The monoisotopic (exact) mass is 404 g/mol. The van der Waals surface area contributed by atoms with Crippen LogP contribution in [0.5, 0.6) is 0 Å². The molecule has 0 heterocycles. The van der Waals surface area contributed by atoms with Gasteiger partial charge in [-0.25, -0.2) is 0 Å². The van der Waals surface area contributed by atoms with Crippen LogP contribution in [0.15, 0.2) is 71.8 Å². The van der Waals surface area contributed by atoms with Crippen molar-refractivity contribution in [3.63, 3.8) is 0 Å². The molecule has 5 heteroatoms. The summed E-state index contributed by atoms with van der Waals surface area (Å²) in [7, 11) is 7.56. The zero-order valence-corrected chi connectivity index (χ0v) is 17.9. The summed E-state index contributed by atoms with van der Waals surface area (Å²) in [6, 6.07) is 19.4. The number of aliphatic carboxylic acids is 1. The summed E-state index contributed by atoms with van der Waals surface area (Å²) >= 11 is 0. The van der Waals surface area contributed by atoms with E-state index in [9.17, 15) is 14.7 Å². The number of nitrogens with zero attached hydrogens (tertiary/aromatic N) is 2. The smallest absolute Gasteiger partial charge is 0.307 e. The van der Waals surface area contributed by atoms with Crippen LogP contribution < -0.4 is 0 Å². The molecule has 0 radical (unpaired) electrons. The highest BCUT2D eigenvalue weighted by molar-refractivity contribution is 6.17. The van der Waals surface area contributed by atoms with E-state index in [2.05, 4.69) is 0 Å². The molecule has 156 valence electrons. The Morgan fingerprint density at radius 3 is 1.43 bits per heavy atom. The SMILES string of the molecule is CN(C)C(=C1CC(C(=O)O)CC(=C(c2ccccc2)N(C)C)C1=O)c1ccccc1. The first kappa shape index (κ1) is 21.4.